The van der Waals surface area contributed by atoms with Crippen LogP contribution in [0.15, 0.2) is 24.3 Å². The zero-order valence-corrected chi connectivity index (χ0v) is 13.8. The van der Waals surface area contributed by atoms with Crippen molar-refractivity contribution in [2.24, 2.45) is 0 Å². The lowest BCUT2D eigenvalue weighted by Crippen LogP contribution is -2.41. The highest BCUT2D eigenvalue weighted by molar-refractivity contribution is 5.29. The van der Waals surface area contributed by atoms with Gasteiger partial charge in [0.1, 0.15) is 11.9 Å². The van der Waals surface area contributed by atoms with Crippen LogP contribution in [0.25, 0.3) is 0 Å². The Balaban J connectivity index is 2.58. The highest BCUT2D eigenvalue weighted by atomic mass is 16.5. The predicted molar refractivity (Wildman–Crippen MR) is 87.6 cm³/mol. The second-order valence-corrected chi connectivity index (χ2v) is 5.67. The van der Waals surface area contributed by atoms with Crippen molar-refractivity contribution in [1.29, 1.82) is 0 Å². The third-order valence-corrected chi connectivity index (χ3v) is 4.05. The topological polar surface area (TPSA) is 21.3 Å². The molecule has 1 aromatic rings. The molecule has 1 N–H and O–H groups in total. The number of benzene rings is 1. The minimum Gasteiger partial charge on any atom is -0.489 e. The van der Waals surface area contributed by atoms with Gasteiger partial charge in [0.05, 0.1) is 0 Å². The summed E-state index contributed by atoms with van der Waals surface area (Å²) in [6.45, 7) is 12.1. The Bertz CT molecular complexity index is 360. The van der Waals surface area contributed by atoms with E-state index in [2.05, 4.69) is 64.2 Å². The van der Waals surface area contributed by atoms with Gasteiger partial charge in [-0.1, -0.05) is 39.8 Å². The lowest BCUT2D eigenvalue weighted by molar-refractivity contribution is 0.167. The molecule has 1 aromatic carbocycles. The molecule has 20 heavy (non-hydrogen) atoms. The van der Waals surface area contributed by atoms with Crippen molar-refractivity contribution in [2.45, 2.75) is 71.9 Å². The van der Waals surface area contributed by atoms with E-state index < -0.39 is 0 Å². The second-order valence-electron chi connectivity index (χ2n) is 5.67. The lowest BCUT2D eigenvalue weighted by atomic mass is 9.99. The van der Waals surface area contributed by atoms with Crippen LogP contribution in [0.5, 0.6) is 5.75 Å². The van der Waals surface area contributed by atoms with E-state index in [1.165, 1.54) is 12.0 Å². The van der Waals surface area contributed by atoms with Gasteiger partial charge in [0.15, 0.2) is 0 Å². The van der Waals surface area contributed by atoms with Crippen LogP contribution < -0.4 is 10.1 Å². The molecule has 0 aliphatic rings. The molecule has 0 radical (unpaired) electrons. The molecule has 2 heteroatoms. The van der Waals surface area contributed by atoms with E-state index in [1.807, 2.05) is 0 Å². The fraction of sp³-hybridized carbons (Fsp3) is 0.667. The normalized spacial score (nSPS) is 15.7. The van der Waals surface area contributed by atoms with Crippen molar-refractivity contribution in [3.05, 3.63) is 29.8 Å². The monoisotopic (exact) mass is 277 g/mol. The van der Waals surface area contributed by atoms with Crippen LogP contribution in [0, 0.1) is 0 Å². The summed E-state index contributed by atoms with van der Waals surface area (Å²) in [5, 5.41) is 3.55. The van der Waals surface area contributed by atoms with Gasteiger partial charge in [-0.15, -0.1) is 0 Å². The van der Waals surface area contributed by atoms with Gasteiger partial charge >= 0.3 is 0 Å². The van der Waals surface area contributed by atoms with E-state index in [0.29, 0.717) is 12.0 Å². The first-order chi connectivity index (χ1) is 9.62. The maximum absolute atomic E-state index is 6.07. The average molecular weight is 277 g/mol. The summed E-state index contributed by atoms with van der Waals surface area (Å²) in [6.07, 6.45) is 3.62. The van der Waals surface area contributed by atoms with E-state index >= 15 is 0 Å². The summed E-state index contributed by atoms with van der Waals surface area (Å²) in [5.41, 5.74) is 1.39. The first-order valence-electron chi connectivity index (χ1n) is 8.12. The molecule has 1 rings (SSSR count). The Morgan fingerprint density at radius 3 is 2.15 bits per heavy atom. The molecule has 0 fully saturated rings. The molecule has 0 saturated carbocycles. The van der Waals surface area contributed by atoms with Gasteiger partial charge < -0.3 is 10.1 Å². The number of hydrogen-bond acceptors (Lipinski definition) is 2. The molecule has 0 spiro atoms. The number of rotatable bonds is 9. The predicted octanol–water partition coefficient (Wildman–Crippen LogP) is 4.75. The summed E-state index contributed by atoms with van der Waals surface area (Å²) in [7, 11) is 0. The van der Waals surface area contributed by atoms with Gasteiger partial charge in [-0.25, -0.2) is 0 Å². The molecule has 2 nitrogen and oxygen atoms in total. The third kappa shape index (κ3) is 5.16. The Morgan fingerprint density at radius 1 is 1.00 bits per heavy atom. The van der Waals surface area contributed by atoms with Gasteiger partial charge in [0.25, 0.3) is 0 Å². The SMILES string of the molecule is CCCNC(CC)C(C)Oc1ccc(C(C)CC)cc1. The van der Waals surface area contributed by atoms with Gasteiger partial charge in [0.2, 0.25) is 0 Å². The summed E-state index contributed by atoms with van der Waals surface area (Å²) in [6, 6.07) is 9.01. The first-order valence-corrected chi connectivity index (χ1v) is 8.12. The van der Waals surface area contributed by atoms with E-state index in [9.17, 15) is 0 Å². The second kappa shape index (κ2) is 9.02. The molecule has 3 unspecified atom stereocenters. The lowest BCUT2D eigenvalue weighted by Gasteiger charge is -2.25. The largest absolute Gasteiger partial charge is 0.489 e. The fourth-order valence-corrected chi connectivity index (χ4v) is 2.38. The Hall–Kier alpha value is -1.02. The molecular weight excluding hydrogens is 246 g/mol. The van der Waals surface area contributed by atoms with Crippen LogP contribution in [0.1, 0.15) is 65.4 Å². The first kappa shape index (κ1) is 17.0. The highest BCUT2D eigenvalue weighted by Crippen LogP contribution is 2.22. The quantitative estimate of drug-likeness (QED) is 0.703. The molecule has 0 bridgehead atoms. The van der Waals surface area contributed by atoms with E-state index in [4.69, 9.17) is 4.74 Å². The summed E-state index contributed by atoms with van der Waals surface area (Å²) in [4.78, 5) is 0. The van der Waals surface area contributed by atoms with Crippen LogP contribution in [0.2, 0.25) is 0 Å². The van der Waals surface area contributed by atoms with Crippen molar-refractivity contribution in [3.63, 3.8) is 0 Å². The molecule has 0 aromatic heterocycles. The smallest absolute Gasteiger partial charge is 0.119 e. The van der Waals surface area contributed by atoms with Crippen LogP contribution in [0.3, 0.4) is 0 Å². The summed E-state index contributed by atoms with van der Waals surface area (Å²) >= 11 is 0. The Morgan fingerprint density at radius 2 is 1.65 bits per heavy atom. The highest BCUT2D eigenvalue weighted by Gasteiger charge is 2.16. The van der Waals surface area contributed by atoms with Crippen molar-refractivity contribution < 1.29 is 4.74 Å². The molecule has 0 aliphatic carbocycles. The molecule has 114 valence electrons. The summed E-state index contributed by atoms with van der Waals surface area (Å²) < 4.78 is 6.07. The maximum Gasteiger partial charge on any atom is 0.119 e. The van der Waals surface area contributed by atoms with Gasteiger partial charge in [0, 0.05) is 6.04 Å². The molecule has 0 amide bonds. The van der Waals surface area contributed by atoms with Crippen molar-refractivity contribution in [3.8, 4) is 5.75 Å². The Labute approximate surface area is 124 Å². The standard InChI is InChI=1S/C18H31NO/c1-6-13-19-18(8-3)15(5)20-17-11-9-16(10-12-17)14(4)7-2/h9-12,14-15,18-19H,6-8,13H2,1-5H3. The van der Waals surface area contributed by atoms with Crippen LogP contribution in [-0.2, 0) is 0 Å². The average Bonchev–Trinajstić information content (AvgIpc) is 2.48. The van der Waals surface area contributed by atoms with Gasteiger partial charge in [-0.05, 0) is 56.3 Å². The molecule has 0 aliphatic heterocycles. The van der Waals surface area contributed by atoms with Crippen molar-refractivity contribution in [1.82, 2.24) is 5.32 Å². The fourth-order valence-electron chi connectivity index (χ4n) is 2.38. The molecule has 3 atom stereocenters. The summed E-state index contributed by atoms with van der Waals surface area (Å²) in [5.74, 6) is 1.59. The minimum absolute atomic E-state index is 0.195. The maximum atomic E-state index is 6.07. The zero-order chi connectivity index (χ0) is 15.0. The number of hydrogen-bond donors (Lipinski definition) is 1. The van der Waals surface area contributed by atoms with Crippen LogP contribution in [-0.4, -0.2) is 18.7 Å². The van der Waals surface area contributed by atoms with Gasteiger partial charge in [-0.2, -0.15) is 0 Å². The molecule has 0 heterocycles. The minimum atomic E-state index is 0.195. The third-order valence-electron chi connectivity index (χ3n) is 4.05. The Kier molecular flexibility index (Phi) is 7.68. The van der Waals surface area contributed by atoms with Crippen LogP contribution >= 0.6 is 0 Å². The van der Waals surface area contributed by atoms with Crippen molar-refractivity contribution in [2.75, 3.05) is 6.54 Å². The van der Waals surface area contributed by atoms with Crippen molar-refractivity contribution >= 4 is 0 Å². The van der Waals surface area contributed by atoms with Gasteiger partial charge in [-0.3, -0.25) is 0 Å². The number of ether oxygens (including phenoxy) is 1. The van der Waals surface area contributed by atoms with E-state index in [-0.39, 0.29) is 6.10 Å². The number of nitrogens with one attached hydrogen (secondary N) is 1. The molecular formula is C18H31NO. The van der Waals surface area contributed by atoms with E-state index in [0.717, 1.165) is 25.1 Å². The molecule has 0 saturated heterocycles. The van der Waals surface area contributed by atoms with E-state index in [1.54, 1.807) is 0 Å². The van der Waals surface area contributed by atoms with Crippen LogP contribution in [0.4, 0.5) is 0 Å². The zero-order valence-electron chi connectivity index (χ0n) is 13.8.